The summed E-state index contributed by atoms with van der Waals surface area (Å²) in [4.78, 5) is 2.51. The van der Waals surface area contributed by atoms with Gasteiger partial charge in [0, 0.05) is 14.2 Å². The fourth-order valence-corrected chi connectivity index (χ4v) is 4.42. The molecule has 2 aromatic rings. The van der Waals surface area contributed by atoms with E-state index in [1.165, 1.54) is 45.7 Å². The molecule has 0 N–H and O–H groups in total. The van der Waals surface area contributed by atoms with Crippen molar-refractivity contribution < 1.29 is 0 Å². The first kappa shape index (κ1) is 12.7. The Balaban J connectivity index is 1.94. The molecule has 3 rings (SSSR count). The van der Waals surface area contributed by atoms with Gasteiger partial charge in [-0.1, -0.05) is 18.2 Å². The fourth-order valence-electron chi connectivity index (χ4n) is 2.52. The van der Waals surface area contributed by atoms with Crippen molar-refractivity contribution in [3.8, 4) is 0 Å². The third-order valence-corrected chi connectivity index (χ3v) is 6.36. The highest BCUT2D eigenvalue weighted by Crippen LogP contribution is 2.38. The summed E-state index contributed by atoms with van der Waals surface area (Å²) in [5.74, 6) is 0. The molecule has 0 aliphatic heterocycles. The van der Waals surface area contributed by atoms with Gasteiger partial charge in [-0.05, 0) is 64.9 Å². The summed E-state index contributed by atoms with van der Waals surface area (Å²) < 4.78 is 1.16. The molecule has 0 saturated heterocycles. The van der Waals surface area contributed by atoms with Crippen LogP contribution in [-0.4, -0.2) is 0 Å². The standard InChI is InChI=1S/C15H14BrClS/c1-9-13(16)8-14(18-9)15(17)12-6-5-10-3-2-4-11(10)7-12/h5-8,15H,2-4H2,1H3. The minimum atomic E-state index is -0.0223. The molecule has 18 heavy (non-hydrogen) atoms. The Morgan fingerprint density at radius 2 is 2.00 bits per heavy atom. The first-order valence-electron chi connectivity index (χ1n) is 6.17. The number of aryl methyl sites for hydroxylation is 3. The lowest BCUT2D eigenvalue weighted by atomic mass is 10.0. The van der Waals surface area contributed by atoms with Crippen LogP contribution >= 0.6 is 38.9 Å². The van der Waals surface area contributed by atoms with Crippen molar-refractivity contribution in [3.05, 3.63) is 55.2 Å². The van der Waals surface area contributed by atoms with Crippen molar-refractivity contribution in [2.45, 2.75) is 31.6 Å². The summed E-state index contributed by atoms with van der Waals surface area (Å²) in [5.41, 5.74) is 4.22. The third kappa shape index (κ3) is 2.26. The number of hydrogen-bond acceptors (Lipinski definition) is 1. The minimum absolute atomic E-state index is 0.0223. The van der Waals surface area contributed by atoms with Crippen molar-refractivity contribution >= 4 is 38.9 Å². The van der Waals surface area contributed by atoms with Crippen molar-refractivity contribution in [1.82, 2.24) is 0 Å². The van der Waals surface area contributed by atoms with Gasteiger partial charge < -0.3 is 0 Å². The van der Waals surface area contributed by atoms with Crippen molar-refractivity contribution in [1.29, 1.82) is 0 Å². The second kappa shape index (κ2) is 4.99. The number of halogens is 2. The first-order valence-corrected chi connectivity index (χ1v) is 8.21. The highest BCUT2D eigenvalue weighted by Gasteiger charge is 2.18. The third-order valence-electron chi connectivity index (χ3n) is 3.54. The van der Waals surface area contributed by atoms with Crippen molar-refractivity contribution in [2.75, 3.05) is 0 Å². The highest BCUT2D eigenvalue weighted by molar-refractivity contribution is 9.10. The number of hydrogen-bond donors (Lipinski definition) is 0. The molecule has 1 aromatic heterocycles. The molecular formula is C15H14BrClS. The van der Waals surface area contributed by atoms with Gasteiger partial charge >= 0.3 is 0 Å². The Bertz CT molecular complexity index is 569. The normalized spacial score (nSPS) is 15.7. The Hall–Kier alpha value is -0.310. The molecule has 1 unspecified atom stereocenters. The van der Waals surface area contributed by atoms with Crippen LogP contribution in [0.15, 0.2) is 28.7 Å². The molecule has 3 heteroatoms. The van der Waals surface area contributed by atoms with Crippen LogP contribution < -0.4 is 0 Å². The molecule has 1 aliphatic rings. The molecule has 1 aromatic carbocycles. The number of thiophene rings is 1. The molecule has 1 heterocycles. The molecule has 0 bridgehead atoms. The molecular weight excluding hydrogens is 328 g/mol. The zero-order valence-corrected chi connectivity index (χ0v) is 13.3. The predicted molar refractivity (Wildman–Crippen MR) is 82.9 cm³/mol. The number of rotatable bonds is 2. The van der Waals surface area contributed by atoms with Crippen LogP contribution in [0.3, 0.4) is 0 Å². The van der Waals surface area contributed by atoms with Gasteiger partial charge in [-0.3, -0.25) is 0 Å². The van der Waals surface area contributed by atoms with Gasteiger partial charge in [0.2, 0.25) is 0 Å². The van der Waals surface area contributed by atoms with Crippen LogP contribution in [0.5, 0.6) is 0 Å². The van der Waals surface area contributed by atoms with Gasteiger partial charge in [-0.2, -0.15) is 0 Å². The molecule has 0 nitrogen and oxygen atoms in total. The molecule has 1 atom stereocenters. The minimum Gasteiger partial charge on any atom is -0.143 e. The van der Waals surface area contributed by atoms with Gasteiger partial charge in [0.25, 0.3) is 0 Å². The SMILES string of the molecule is Cc1sc(C(Cl)c2ccc3c(c2)CCC3)cc1Br. The van der Waals surface area contributed by atoms with Crippen LogP contribution in [0, 0.1) is 6.92 Å². The average Bonchev–Trinajstić information content (AvgIpc) is 2.95. The fraction of sp³-hybridized carbons (Fsp3) is 0.333. The molecule has 0 amide bonds. The largest absolute Gasteiger partial charge is 0.143 e. The first-order chi connectivity index (χ1) is 8.65. The summed E-state index contributed by atoms with van der Waals surface area (Å²) in [7, 11) is 0. The second-order valence-electron chi connectivity index (χ2n) is 4.80. The maximum absolute atomic E-state index is 6.61. The van der Waals surface area contributed by atoms with Gasteiger partial charge in [-0.25, -0.2) is 0 Å². The number of alkyl halides is 1. The summed E-state index contributed by atoms with van der Waals surface area (Å²) in [6, 6.07) is 8.88. The Labute approximate surface area is 125 Å². The second-order valence-corrected chi connectivity index (χ2v) is 7.38. The van der Waals surface area contributed by atoms with Gasteiger partial charge in [0.15, 0.2) is 0 Å². The molecule has 0 spiro atoms. The molecule has 94 valence electrons. The van der Waals surface area contributed by atoms with Crippen LogP contribution in [0.1, 0.15) is 38.2 Å². The molecule has 0 saturated carbocycles. The van der Waals surface area contributed by atoms with E-state index in [4.69, 9.17) is 11.6 Å². The zero-order valence-electron chi connectivity index (χ0n) is 10.2. The van der Waals surface area contributed by atoms with Crippen LogP contribution in [0.2, 0.25) is 0 Å². The maximum Gasteiger partial charge on any atom is 0.0928 e. The molecule has 0 radical (unpaired) electrons. The van der Waals surface area contributed by atoms with Crippen LogP contribution in [0.25, 0.3) is 0 Å². The predicted octanol–water partition coefficient (Wildman–Crippen LogP) is 5.64. The van der Waals surface area contributed by atoms with E-state index in [1.54, 1.807) is 11.3 Å². The van der Waals surface area contributed by atoms with Gasteiger partial charge in [-0.15, -0.1) is 22.9 Å². The summed E-state index contributed by atoms with van der Waals surface area (Å²) >= 11 is 11.9. The van der Waals surface area contributed by atoms with Crippen LogP contribution in [-0.2, 0) is 12.8 Å². The monoisotopic (exact) mass is 340 g/mol. The van der Waals surface area contributed by atoms with E-state index in [-0.39, 0.29) is 5.38 Å². The summed E-state index contributed by atoms with van der Waals surface area (Å²) in [5, 5.41) is -0.0223. The van der Waals surface area contributed by atoms with Gasteiger partial charge in [0.05, 0.1) is 5.38 Å². The molecule has 0 fully saturated rings. The summed E-state index contributed by atoms with van der Waals surface area (Å²) in [6.45, 7) is 2.12. The summed E-state index contributed by atoms with van der Waals surface area (Å²) in [6.07, 6.45) is 3.72. The van der Waals surface area contributed by atoms with E-state index >= 15 is 0 Å². The van der Waals surface area contributed by atoms with E-state index in [1.807, 2.05) is 0 Å². The Kier molecular flexibility index (Phi) is 3.52. The number of benzene rings is 1. The highest BCUT2D eigenvalue weighted by atomic mass is 79.9. The van der Waals surface area contributed by atoms with Crippen LogP contribution in [0.4, 0.5) is 0 Å². The van der Waals surface area contributed by atoms with Crippen molar-refractivity contribution in [3.63, 3.8) is 0 Å². The van der Waals surface area contributed by atoms with E-state index in [2.05, 4.69) is 47.1 Å². The number of fused-ring (bicyclic) bond motifs is 1. The van der Waals surface area contributed by atoms with E-state index in [0.29, 0.717) is 0 Å². The van der Waals surface area contributed by atoms with Crippen molar-refractivity contribution in [2.24, 2.45) is 0 Å². The quantitative estimate of drug-likeness (QED) is 0.620. The van der Waals surface area contributed by atoms with E-state index in [9.17, 15) is 0 Å². The Morgan fingerprint density at radius 3 is 2.72 bits per heavy atom. The zero-order chi connectivity index (χ0) is 12.7. The lowest BCUT2D eigenvalue weighted by Gasteiger charge is -2.09. The maximum atomic E-state index is 6.61. The van der Waals surface area contributed by atoms with E-state index < -0.39 is 0 Å². The van der Waals surface area contributed by atoms with Gasteiger partial charge in [0.1, 0.15) is 0 Å². The topological polar surface area (TPSA) is 0 Å². The van der Waals surface area contributed by atoms with E-state index in [0.717, 1.165) is 4.47 Å². The smallest absolute Gasteiger partial charge is 0.0928 e. The average molecular weight is 342 g/mol. The lowest BCUT2D eigenvalue weighted by molar-refractivity contribution is 0.911. The molecule has 1 aliphatic carbocycles. The Morgan fingerprint density at radius 1 is 1.22 bits per heavy atom. The lowest BCUT2D eigenvalue weighted by Crippen LogP contribution is -1.92.